The lowest BCUT2D eigenvalue weighted by Crippen LogP contribution is -2.40. The van der Waals surface area contributed by atoms with Crippen molar-refractivity contribution in [3.63, 3.8) is 0 Å². The fraction of sp³-hybridized carbons (Fsp3) is 1.00. The van der Waals surface area contributed by atoms with Crippen molar-refractivity contribution in [2.24, 2.45) is 22.9 Å². The van der Waals surface area contributed by atoms with Crippen molar-refractivity contribution in [2.75, 3.05) is 13.1 Å². The molecule has 0 bridgehead atoms. The molecule has 70 valence electrons. The van der Waals surface area contributed by atoms with Gasteiger partial charge in [0.1, 0.15) is 0 Å². The van der Waals surface area contributed by atoms with Crippen LogP contribution in [0, 0.1) is 0 Å². The van der Waals surface area contributed by atoms with Gasteiger partial charge in [0.25, 0.3) is 0 Å². The summed E-state index contributed by atoms with van der Waals surface area (Å²) in [6, 6.07) is 0.162. The number of hydrogen-bond acceptors (Lipinski definition) is 4. The van der Waals surface area contributed by atoms with Crippen LogP contribution in [0.3, 0.4) is 0 Å². The molecule has 4 nitrogen and oxygen atoms in total. The van der Waals surface area contributed by atoms with E-state index in [9.17, 15) is 0 Å². The molecular weight excluding hydrogens is 140 g/mol. The lowest BCUT2D eigenvalue weighted by atomic mass is 10.1. The number of hydrogen-bond donors (Lipinski definition) is 4. The molecule has 0 amide bonds. The lowest BCUT2D eigenvalue weighted by Gasteiger charge is -2.13. The van der Waals surface area contributed by atoms with Gasteiger partial charge in [-0.15, -0.1) is 0 Å². The lowest BCUT2D eigenvalue weighted by molar-refractivity contribution is 0.532. The van der Waals surface area contributed by atoms with Crippen LogP contribution in [0.15, 0.2) is 0 Å². The highest BCUT2D eigenvalue weighted by Crippen LogP contribution is 1.88. The second kappa shape index (κ2) is 6.54. The third-order valence-corrected chi connectivity index (χ3v) is 0.898. The zero-order valence-corrected chi connectivity index (χ0v) is 7.80. The van der Waals surface area contributed by atoms with Crippen molar-refractivity contribution in [3.05, 3.63) is 0 Å². The Bertz CT molecular complexity index is 75.0. The summed E-state index contributed by atoms with van der Waals surface area (Å²) >= 11 is 0. The highest BCUT2D eigenvalue weighted by molar-refractivity contribution is 4.70. The molecule has 1 atom stereocenters. The van der Waals surface area contributed by atoms with Gasteiger partial charge in [0.05, 0.1) is 0 Å². The van der Waals surface area contributed by atoms with Gasteiger partial charge in [-0.1, -0.05) is 0 Å². The van der Waals surface area contributed by atoms with Gasteiger partial charge >= 0.3 is 0 Å². The van der Waals surface area contributed by atoms with E-state index in [-0.39, 0.29) is 11.6 Å². The van der Waals surface area contributed by atoms with E-state index in [1.165, 1.54) is 0 Å². The zero-order chi connectivity index (χ0) is 9.49. The van der Waals surface area contributed by atoms with Crippen molar-refractivity contribution in [2.45, 2.75) is 32.4 Å². The molecule has 0 spiro atoms. The molecule has 1 unspecified atom stereocenters. The molecule has 11 heavy (non-hydrogen) atoms. The fourth-order valence-corrected chi connectivity index (χ4v) is 0. The van der Waals surface area contributed by atoms with Crippen molar-refractivity contribution in [3.8, 4) is 0 Å². The Labute approximate surface area is 69.3 Å². The van der Waals surface area contributed by atoms with Gasteiger partial charge in [-0.05, 0) is 20.8 Å². The monoisotopic (exact) mass is 162 g/mol. The molecule has 4 heteroatoms. The van der Waals surface area contributed by atoms with Crippen LogP contribution in [-0.4, -0.2) is 24.7 Å². The van der Waals surface area contributed by atoms with E-state index in [1.54, 1.807) is 0 Å². The van der Waals surface area contributed by atoms with Gasteiger partial charge in [0, 0.05) is 24.7 Å². The normalized spacial score (nSPS) is 13.4. The van der Waals surface area contributed by atoms with Crippen LogP contribution in [-0.2, 0) is 0 Å². The van der Waals surface area contributed by atoms with Crippen LogP contribution in [0.2, 0.25) is 0 Å². The third kappa shape index (κ3) is 25.8. The summed E-state index contributed by atoms with van der Waals surface area (Å²) in [6.45, 7) is 6.80. The third-order valence-electron chi connectivity index (χ3n) is 0.898. The minimum atomic E-state index is -0.181. The van der Waals surface area contributed by atoms with Crippen molar-refractivity contribution >= 4 is 0 Å². The largest absolute Gasteiger partial charge is 0.329 e. The van der Waals surface area contributed by atoms with Crippen LogP contribution >= 0.6 is 0 Å². The topological polar surface area (TPSA) is 104 Å². The maximum absolute atomic E-state index is 5.41. The Balaban J connectivity index is 0. The highest BCUT2D eigenvalue weighted by Gasteiger charge is 2.04. The van der Waals surface area contributed by atoms with Crippen molar-refractivity contribution in [1.82, 2.24) is 0 Å². The van der Waals surface area contributed by atoms with Gasteiger partial charge in [-0.25, -0.2) is 0 Å². The molecule has 0 rings (SSSR count). The van der Waals surface area contributed by atoms with E-state index in [0.717, 1.165) is 0 Å². The molecule has 0 aliphatic carbocycles. The summed E-state index contributed by atoms with van der Waals surface area (Å²) in [5, 5.41) is 0. The predicted molar refractivity (Wildman–Crippen MR) is 50.0 cm³/mol. The molecular formula is C7H22N4. The van der Waals surface area contributed by atoms with E-state index in [4.69, 9.17) is 22.9 Å². The van der Waals surface area contributed by atoms with Gasteiger partial charge < -0.3 is 22.9 Å². The molecule has 0 aromatic rings. The highest BCUT2D eigenvalue weighted by atomic mass is 14.8. The molecule has 0 radical (unpaired) electrons. The van der Waals surface area contributed by atoms with Crippen molar-refractivity contribution < 1.29 is 0 Å². The maximum Gasteiger partial charge on any atom is 0.0221 e. The van der Waals surface area contributed by atoms with Crippen LogP contribution in [0.4, 0.5) is 0 Å². The van der Waals surface area contributed by atoms with Gasteiger partial charge in [0.2, 0.25) is 0 Å². The number of rotatable bonds is 2. The van der Waals surface area contributed by atoms with Gasteiger partial charge in [-0.2, -0.15) is 0 Å². The minimum absolute atomic E-state index is 0.162. The minimum Gasteiger partial charge on any atom is -0.329 e. The van der Waals surface area contributed by atoms with Gasteiger partial charge in [-0.3, -0.25) is 0 Å². The predicted octanol–water partition coefficient (Wildman–Crippen LogP) is -1.03. The van der Waals surface area contributed by atoms with Gasteiger partial charge in [0.15, 0.2) is 0 Å². The summed E-state index contributed by atoms with van der Waals surface area (Å²) in [5.41, 5.74) is 20.6. The first-order valence-corrected chi connectivity index (χ1v) is 3.78. The molecule has 0 heterocycles. The average Bonchev–Trinajstić information content (AvgIpc) is 1.88. The maximum atomic E-state index is 5.41. The van der Waals surface area contributed by atoms with E-state index in [2.05, 4.69) is 0 Å². The Morgan fingerprint density at radius 2 is 1.45 bits per heavy atom. The van der Waals surface area contributed by atoms with Crippen LogP contribution in [0.1, 0.15) is 20.8 Å². The quantitative estimate of drug-likeness (QED) is 0.417. The molecule has 0 aromatic carbocycles. The zero-order valence-electron chi connectivity index (χ0n) is 7.80. The standard InChI is InChI=1S/C4H12N2.C3H10N2/c1-4(2,6)3-5;1-3(5)2-4/h3,5-6H2,1-2H3;3H,2,4-5H2,1H3. The van der Waals surface area contributed by atoms with E-state index in [0.29, 0.717) is 13.1 Å². The van der Waals surface area contributed by atoms with Crippen LogP contribution in [0.5, 0.6) is 0 Å². The summed E-state index contributed by atoms with van der Waals surface area (Å²) in [6.07, 6.45) is 0. The Kier molecular flexibility index (Phi) is 7.99. The fourth-order valence-electron chi connectivity index (χ4n) is 0. The first-order valence-electron chi connectivity index (χ1n) is 3.78. The van der Waals surface area contributed by atoms with Crippen LogP contribution in [0.25, 0.3) is 0 Å². The summed E-state index contributed by atoms with van der Waals surface area (Å²) in [5.74, 6) is 0. The summed E-state index contributed by atoms with van der Waals surface area (Å²) < 4.78 is 0. The Morgan fingerprint density at radius 1 is 1.27 bits per heavy atom. The molecule has 0 saturated carbocycles. The van der Waals surface area contributed by atoms with E-state index < -0.39 is 0 Å². The molecule has 0 fully saturated rings. The molecule has 0 aliphatic rings. The summed E-state index contributed by atoms with van der Waals surface area (Å²) in [7, 11) is 0. The van der Waals surface area contributed by atoms with Crippen LogP contribution < -0.4 is 22.9 Å². The molecule has 0 aromatic heterocycles. The van der Waals surface area contributed by atoms with E-state index >= 15 is 0 Å². The second-order valence-electron chi connectivity index (χ2n) is 3.41. The Hall–Kier alpha value is -0.160. The molecule has 0 saturated heterocycles. The second-order valence-corrected chi connectivity index (χ2v) is 3.41. The Morgan fingerprint density at radius 3 is 1.45 bits per heavy atom. The first-order chi connectivity index (χ1) is 4.83. The van der Waals surface area contributed by atoms with E-state index in [1.807, 2.05) is 20.8 Å². The molecule has 8 N–H and O–H groups in total. The first kappa shape index (κ1) is 13.4. The smallest absolute Gasteiger partial charge is 0.0221 e. The molecule has 0 aliphatic heterocycles. The average molecular weight is 162 g/mol. The number of nitrogens with two attached hydrogens (primary N) is 4. The SMILES string of the molecule is CC(C)(N)CN.CC(N)CN. The summed E-state index contributed by atoms with van der Waals surface area (Å²) in [4.78, 5) is 0. The van der Waals surface area contributed by atoms with Crippen molar-refractivity contribution in [1.29, 1.82) is 0 Å².